The van der Waals surface area contributed by atoms with Crippen molar-refractivity contribution in [2.45, 2.75) is 43.7 Å². The van der Waals surface area contributed by atoms with Crippen LogP contribution in [0.1, 0.15) is 35.1 Å². The molecule has 0 saturated heterocycles. The highest BCUT2D eigenvalue weighted by atomic mass is 35.5. The van der Waals surface area contributed by atoms with Crippen LogP contribution in [-0.2, 0) is 40.4 Å². The molecule has 1 aliphatic carbocycles. The highest BCUT2D eigenvalue weighted by Gasteiger charge is 2.41. The van der Waals surface area contributed by atoms with Crippen LogP contribution in [0.5, 0.6) is 0 Å². The molecular weight excluding hydrogens is 472 g/mol. The quantitative estimate of drug-likeness (QED) is 0.626. The fourth-order valence-corrected chi connectivity index (χ4v) is 5.84. The molecule has 1 N–H and O–H groups in total. The SMILES string of the molecule is O=C(Cc1ccc(C(F)(F)F)c(F)c1)Nc1c(Cl)ccc2c1CCN(S(=O)(=O)C1CC1)C2. The van der Waals surface area contributed by atoms with Crippen molar-refractivity contribution in [3.63, 3.8) is 0 Å². The normalized spacial score (nSPS) is 17.2. The van der Waals surface area contributed by atoms with E-state index in [-0.39, 0.29) is 35.3 Å². The number of hydrogen-bond acceptors (Lipinski definition) is 3. The van der Waals surface area contributed by atoms with Crippen molar-refractivity contribution in [1.29, 1.82) is 0 Å². The van der Waals surface area contributed by atoms with Gasteiger partial charge >= 0.3 is 6.18 Å². The molecule has 0 unspecified atom stereocenters. The monoisotopic (exact) mass is 490 g/mol. The Balaban J connectivity index is 1.50. The summed E-state index contributed by atoms with van der Waals surface area (Å²) in [4.78, 5) is 12.5. The molecule has 1 aliphatic heterocycles. The van der Waals surface area contributed by atoms with E-state index in [1.54, 1.807) is 12.1 Å². The lowest BCUT2D eigenvalue weighted by molar-refractivity contribution is -0.140. The van der Waals surface area contributed by atoms with E-state index in [0.29, 0.717) is 42.6 Å². The minimum absolute atomic E-state index is 0.0793. The van der Waals surface area contributed by atoms with E-state index < -0.39 is 33.5 Å². The van der Waals surface area contributed by atoms with Crippen molar-refractivity contribution in [3.8, 4) is 0 Å². The van der Waals surface area contributed by atoms with Crippen LogP contribution in [0.2, 0.25) is 5.02 Å². The van der Waals surface area contributed by atoms with E-state index in [9.17, 15) is 30.8 Å². The van der Waals surface area contributed by atoms with Gasteiger partial charge in [-0.2, -0.15) is 17.5 Å². The van der Waals surface area contributed by atoms with Gasteiger partial charge in [0, 0.05) is 13.1 Å². The zero-order chi connectivity index (χ0) is 23.3. The van der Waals surface area contributed by atoms with E-state index in [2.05, 4.69) is 5.32 Å². The second-order valence-electron chi connectivity index (χ2n) is 7.92. The van der Waals surface area contributed by atoms with Crippen molar-refractivity contribution in [1.82, 2.24) is 4.31 Å². The zero-order valence-electron chi connectivity index (χ0n) is 16.7. The number of hydrogen-bond donors (Lipinski definition) is 1. The molecule has 11 heteroatoms. The summed E-state index contributed by atoms with van der Waals surface area (Å²) >= 11 is 6.26. The van der Waals surface area contributed by atoms with Gasteiger partial charge in [-0.05, 0) is 54.2 Å². The number of anilines is 1. The third kappa shape index (κ3) is 4.62. The molecule has 1 amide bonds. The molecule has 1 heterocycles. The number of carbonyl (C=O) groups is 1. The Bertz CT molecular complexity index is 1180. The Morgan fingerprint density at radius 3 is 2.53 bits per heavy atom. The second-order valence-corrected chi connectivity index (χ2v) is 10.5. The highest BCUT2D eigenvalue weighted by Crippen LogP contribution is 2.37. The number of nitrogens with zero attached hydrogens (tertiary/aromatic N) is 1. The summed E-state index contributed by atoms with van der Waals surface area (Å²) in [5.74, 6) is -2.03. The number of amides is 1. The van der Waals surface area contributed by atoms with Crippen molar-refractivity contribution in [2.75, 3.05) is 11.9 Å². The molecule has 0 spiro atoms. The van der Waals surface area contributed by atoms with Gasteiger partial charge in [0.15, 0.2) is 0 Å². The number of sulfonamides is 1. The van der Waals surface area contributed by atoms with Gasteiger partial charge in [0.1, 0.15) is 5.82 Å². The highest BCUT2D eigenvalue weighted by molar-refractivity contribution is 7.90. The lowest BCUT2D eigenvalue weighted by Gasteiger charge is -2.30. The summed E-state index contributed by atoms with van der Waals surface area (Å²) in [6.07, 6.45) is -3.48. The van der Waals surface area contributed by atoms with Gasteiger partial charge in [-0.3, -0.25) is 4.79 Å². The van der Waals surface area contributed by atoms with Gasteiger partial charge < -0.3 is 5.32 Å². The van der Waals surface area contributed by atoms with Gasteiger partial charge in [0.05, 0.1) is 27.9 Å². The third-order valence-corrected chi connectivity index (χ3v) is 8.25. The zero-order valence-corrected chi connectivity index (χ0v) is 18.2. The van der Waals surface area contributed by atoms with Crippen molar-refractivity contribution >= 4 is 33.2 Å². The largest absolute Gasteiger partial charge is 0.419 e. The van der Waals surface area contributed by atoms with Crippen LogP contribution in [0.25, 0.3) is 0 Å². The summed E-state index contributed by atoms with van der Waals surface area (Å²) in [7, 11) is -3.34. The molecule has 1 saturated carbocycles. The first-order valence-corrected chi connectivity index (χ1v) is 11.8. The Labute approximate surface area is 187 Å². The summed E-state index contributed by atoms with van der Waals surface area (Å²) in [5, 5.41) is 2.60. The fraction of sp³-hybridized carbons (Fsp3) is 0.381. The molecule has 5 nitrogen and oxygen atoms in total. The maximum absolute atomic E-state index is 13.8. The molecule has 2 aliphatic rings. The third-order valence-electron chi connectivity index (χ3n) is 5.59. The first-order chi connectivity index (χ1) is 15.0. The standard InChI is InChI=1S/C21H19ClF4N2O3S/c22-17-6-2-13-11-28(32(30,31)14-3-4-14)8-7-15(13)20(17)27-19(29)10-12-1-5-16(18(23)9-12)21(24,25)26/h1-2,5-6,9,14H,3-4,7-8,10-11H2,(H,27,29). The Morgan fingerprint density at radius 2 is 1.91 bits per heavy atom. The minimum Gasteiger partial charge on any atom is -0.324 e. The molecule has 0 atom stereocenters. The second kappa shape index (κ2) is 8.31. The van der Waals surface area contributed by atoms with Crippen LogP contribution in [0, 0.1) is 5.82 Å². The number of nitrogens with one attached hydrogen (secondary N) is 1. The Hall–Kier alpha value is -2.17. The van der Waals surface area contributed by atoms with E-state index in [0.717, 1.165) is 11.6 Å². The Morgan fingerprint density at radius 1 is 1.19 bits per heavy atom. The van der Waals surface area contributed by atoms with Crippen molar-refractivity contribution in [2.24, 2.45) is 0 Å². The van der Waals surface area contributed by atoms with Gasteiger partial charge in [0.25, 0.3) is 0 Å². The van der Waals surface area contributed by atoms with E-state index in [1.165, 1.54) is 4.31 Å². The molecule has 2 aromatic rings. The van der Waals surface area contributed by atoms with E-state index in [1.807, 2.05) is 0 Å². The number of rotatable bonds is 5. The maximum Gasteiger partial charge on any atom is 0.419 e. The lowest BCUT2D eigenvalue weighted by atomic mass is 9.98. The number of carbonyl (C=O) groups excluding carboxylic acids is 1. The predicted octanol–water partition coefficient (Wildman–Crippen LogP) is 4.53. The number of fused-ring (bicyclic) bond motifs is 1. The summed E-state index contributed by atoms with van der Waals surface area (Å²) in [5.41, 5.74) is 0.459. The molecule has 32 heavy (non-hydrogen) atoms. The van der Waals surface area contributed by atoms with E-state index >= 15 is 0 Å². The van der Waals surface area contributed by atoms with E-state index in [4.69, 9.17) is 11.6 Å². The van der Waals surface area contributed by atoms with Crippen LogP contribution in [0.4, 0.5) is 23.2 Å². The topological polar surface area (TPSA) is 66.5 Å². The first kappa shape index (κ1) is 23.0. The fourth-order valence-electron chi connectivity index (χ4n) is 3.80. The van der Waals surface area contributed by atoms with Crippen molar-refractivity contribution < 1.29 is 30.8 Å². The molecule has 0 aromatic heterocycles. The molecule has 172 valence electrons. The van der Waals surface area contributed by atoms with Crippen LogP contribution < -0.4 is 5.32 Å². The molecule has 4 rings (SSSR count). The smallest absolute Gasteiger partial charge is 0.324 e. The number of halogens is 5. The van der Waals surface area contributed by atoms with Crippen molar-refractivity contribution in [3.05, 3.63) is 63.4 Å². The molecular formula is C21H19ClF4N2O3S. The summed E-state index contributed by atoms with van der Waals surface area (Å²) in [6.45, 7) is 0.442. The van der Waals surface area contributed by atoms with Crippen LogP contribution in [0.15, 0.2) is 30.3 Å². The summed E-state index contributed by atoms with van der Waals surface area (Å²) in [6, 6.07) is 5.61. The summed E-state index contributed by atoms with van der Waals surface area (Å²) < 4.78 is 78.4. The number of alkyl halides is 3. The van der Waals surface area contributed by atoms with Crippen LogP contribution in [0.3, 0.4) is 0 Å². The maximum atomic E-state index is 13.8. The van der Waals surface area contributed by atoms with Gasteiger partial charge in [-0.25, -0.2) is 12.8 Å². The average Bonchev–Trinajstić information content (AvgIpc) is 3.55. The first-order valence-electron chi connectivity index (χ1n) is 9.91. The molecule has 1 fully saturated rings. The molecule has 0 radical (unpaired) electrons. The predicted molar refractivity (Wildman–Crippen MR) is 111 cm³/mol. The van der Waals surface area contributed by atoms with Crippen LogP contribution in [-0.4, -0.2) is 30.4 Å². The van der Waals surface area contributed by atoms with Crippen LogP contribution >= 0.6 is 11.6 Å². The van der Waals surface area contributed by atoms with Gasteiger partial charge in [-0.15, -0.1) is 0 Å². The molecule has 0 bridgehead atoms. The molecule has 2 aromatic carbocycles. The lowest BCUT2D eigenvalue weighted by Crippen LogP contribution is -2.38. The number of benzene rings is 2. The van der Waals surface area contributed by atoms with Gasteiger partial charge in [0.2, 0.25) is 15.9 Å². The minimum atomic E-state index is -4.82. The van der Waals surface area contributed by atoms with Gasteiger partial charge in [-0.1, -0.05) is 23.7 Å². The average molecular weight is 491 g/mol. The Kier molecular flexibility index (Phi) is 5.98.